The highest BCUT2D eigenvalue weighted by Crippen LogP contribution is 2.30. The topological polar surface area (TPSA) is 128 Å². The molecule has 1 aromatic rings. The lowest BCUT2D eigenvalue weighted by Crippen LogP contribution is -2.64. The van der Waals surface area contributed by atoms with Gasteiger partial charge in [-0.2, -0.15) is 0 Å². The third-order valence-corrected chi connectivity index (χ3v) is 6.91. The number of amides is 1. The molecule has 1 amide bonds. The van der Waals surface area contributed by atoms with E-state index in [9.17, 15) is 14.1 Å². The molecule has 4 atom stereocenters. The quantitative estimate of drug-likeness (QED) is 0.470. The summed E-state index contributed by atoms with van der Waals surface area (Å²) < 4.78 is 19.1. The maximum atomic E-state index is 13.7. The minimum absolute atomic E-state index is 0.0801. The largest absolute Gasteiger partial charge is 0.377 e. The minimum atomic E-state index is -1.28. The van der Waals surface area contributed by atoms with Crippen molar-refractivity contribution >= 4 is 17.3 Å². The van der Waals surface area contributed by atoms with Gasteiger partial charge < -0.3 is 20.7 Å². The van der Waals surface area contributed by atoms with Gasteiger partial charge in [0.2, 0.25) is 5.91 Å². The van der Waals surface area contributed by atoms with Gasteiger partial charge in [-0.25, -0.2) is 4.39 Å². The van der Waals surface area contributed by atoms with Gasteiger partial charge in [0.25, 0.3) is 0 Å². The molecule has 182 valence electrons. The van der Waals surface area contributed by atoms with Crippen molar-refractivity contribution in [1.82, 2.24) is 20.1 Å². The molecule has 0 saturated carbocycles. The number of anilines is 2. The molecule has 3 saturated heterocycles. The molecule has 4 rings (SSSR count). The first-order valence-electron chi connectivity index (χ1n) is 11.3. The number of halogens is 1. The van der Waals surface area contributed by atoms with Gasteiger partial charge in [-0.15, -0.1) is 4.91 Å². The predicted octanol–water partition coefficient (Wildman–Crippen LogP) is -0.202. The fourth-order valence-corrected chi connectivity index (χ4v) is 4.89. The number of carbonyl (C=O) groups is 1. The average molecular weight is 465 g/mol. The van der Waals surface area contributed by atoms with E-state index in [0.29, 0.717) is 5.69 Å². The van der Waals surface area contributed by atoms with E-state index in [-0.39, 0.29) is 18.6 Å². The van der Waals surface area contributed by atoms with Gasteiger partial charge in [-0.3, -0.25) is 24.9 Å². The normalized spacial score (nSPS) is 27.9. The number of hydrogen-bond donors (Lipinski definition) is 3. The molecule has 11 nitrogen and oxygen atoms in total. The van der Waals surface area contributed by atoms with E-state index < -0.39 is 30.3 Å². The van der Waals surface area contributed by atoms with Crippen LogP contribution in [0.15, 0.2) is 23.6 Å². The first-order valence-corrected chi connectivity index (χ1v) is 11.3. The van der Waals surface area contributed by atoms with E-state index in [0.717, 1.165) is 45.1 Å². The van der Waals surface area contributed by atoms with Crippen LogP contribution < -0.4 is 21.3 Å². The molecule has 3 aliphatic rings. The second kappa shape index (κ2) is 9.94. The number of nitroso groups, excluding NO2 is 1. The predicted molar refractivity (Wildman–Crippen MR) is 122 cm³/mol. The van der Waals surface area contributed by atoms with Crippen molar-refractivity contribution in [3.63, 3.8) is 0 Å². The number of nitrogens with zero attached hydrogens (tertiary/aromatic N) is 5. The highest BCUT2D eigenvalue weighted by atomic mass is 19.1. The Morgan fingerprint density at radius 1 is 1.39 bits per heavy atom. The molecule has 12 heteroatoms. The number of hydrogen-bond acceptors (Lipinski definition) is 10. The molecular formula is C21H33FN8O3. The lowest BCUT2D eigenvalue weighted by Gasteiger charge is -2.50. The molecule has 1 aromatic heterocycles. The zero-order valence-electron chi connectivity index (χ0n) is 19.1. The van der Waals surface area contributed by atoms with E-state index in [1.807, 2.05) is 6.07 Å². The maximum absolute atomic E-state index is 13.7. The van der Waals surface area contributed by atoms with E-state index in [2.05, 4.69) is 37.5 Å². The van der Waals surface area contributed by atoms with Crippen molar-refractivity contribution in [3.05, 3.63) is 23.4 Å². The summed E-state index contributed by atoms with van der Waals surface area (Å²) in [6.07, 6.45) is 0.321. The van der Waals surface area contributed by atoms with Crippen LogP contribution in [0.3, 0.4) is 0 Å². The molecule has 3 aliphatic heterocycles. The van der Waals surface area contributed by atoms with E-state index in [1.54, 1.807) is 24.3 Å². The molecule has 33 heavy (non-hydrogen) atoms. The zero-order chi connectivity index (χ0) is 23.6. The van der Waals surface area contributed by atoms with Crippen LogP contribution in [-0.4, -0.2) is 104 Å². The highest BCUT2D eigenvalue weighted by molar-refractivity contribution is 5.96. The second-order valence-electron chi connectivity index (χ2n) is 9.36. The van der Waals surface area contributed by atoms with Crippen LogP contribution >= 0.6 is 0 Å². The maximum Gasteiger partial charge on any atom is 0.234 e. The van der Waals surface area contributed by atoms with Crippen molar-refractivity contribution in [2.24, 2.45) is 16.8 Å². The van der Waals surface area contributed by atoms with Crippen molar-refractivity contribution in [2.45, 2.75) is 31.0 Å². The Morgan fingerprint density at radius 3 is 2.73 bits per heavy atom. The first-order chi connectivity index (χ1) is 15.8. The summed E-state index contributed by atoms with van der Waals surface area (Å²) in [5.41, 5.74) is 7.41. The minimum Gasteiger partial charge on any atom is -0.377 e. The lowest BCUT2D eigenvalue weighted by molar-refractivity contribution is -0.131. The van der Waals surface area contributed by atoms with Gasteiger partial charge in [0.05, 0.1) is 42.5 Å². The number of rotatable bonds is 7. The van der Waals surface area contributed by atoms with Crippen molar-refractivity contribution in [2.75, 3.05) is 69.7 Å². The van der Waals surface area contributed by atoms with Crippen LogP contribution in [-0.2, 0) is 9.53 Å². The summed E-state index contributed by atoms with van der Waals surface area (Å²) in [7, 11) is 1.68. The Hall–Kier alpha value is -2.25. The number of alkyl halides is 1. The fourth-order valence-electron chi connectivity index (χ4n) is 4.89. The third kappa shape index (κ3) is 4.99. The molecule has 4 unspecified atom stereocenters. The number of aromatic nitrogens is 1. The van der Waals surface area contributed by atoms with Crippen LogP contribution in [0.25, 0.3) is 0 Å². The molecule has 0 radical (unpaired) electrons. The van der Waals surface area contributed by atoms with Crippen molar-refractivity contribution in [1.29, 1.82) is 0 Å². The monoisotopic (exact) mass is 464 g/mol. The van der Waals surface area contributed by atoms with Crippen LogP contribution in [0, 0.1) is 10.8 Å². The molecule has 4 N–H and O–H groups in total. The van der Waals surface area contributed by atoms with Crippen LogP contribution in [0.5, 0.6) is 0 Å². The Morgan fingerprint density at radius 2 is 2.12 bits per heavy atom. The summed E-state index contributed by atoms with van der Waals surface area (Å²) in [5.74, 6) is -1.46. The van der Waals surface area contributed by atoms with Crippen LogP contribution in [0.2, 0.25) is 0 Å². The summed E-state index contributed by atoms with van der Waals surface area (Å²) in [5, 5.41) is 8.78. The number of carbonyl (C=O) groups excluding carboxylic acids is 1. The van der Waals surface area contributed by atoms with Gasteiger partial charge in [0.15, 0.2) is 6.17 Å². The smallest absolute Gasteiger partial charge is 0.234 e. The number of ether oxygens (including phenoxy) is 1. The summed E-state index contributed by atoms with van der Waals surface area (Å²) in [6.45, 7) is 7.31. The van der Waals surface area contributed by atoms with Gasteiger partial charge in [0, 0.05) is 45.5 Å². The molecular weight excluding hydrogens is 431 g/mol. The third-order valence-electron chi connectivity index (χ3n) is 6.91. The molecule has 0 spiro atoms. The molecule has 0 aliphatic carbocycles. The van der Waals surface area contributed by atoms with E-state index in [1.165, 1.54) is 0 Å². The number of nitrogens with one attached hydrogen (secondary N) is 2. The first kappa shape index (κ1) is 23.9. The van der Waals surface area contributed by atoms with Crippen molar-refractivity contribution in [3.8, 4) is 0 Å². The average Bonchev–Trinajstić information content (AvgIpc) is 2.79. The number of nitrogens with two attached hydrogens (primary N) is 1. The fraction of sp³-hybridized carbons (Fsp3) is 0.714. The van der Waals surface area contributed by atoms with Crippen molar-refractivity contribution < 1.29 is 13.9 Å². The van der Waals surface area contributed by atoms with Crippen LogP contribution in [0.1, 0.15) is 6.92 Å². The summed E-state index contributed by atoms with van der Waals surface area (Å²) in [4.78, 5) is 35.0. The van der Waals surface area contributed by atoms with E-state index >= 15 is 0 Å². The Kier molecular flexibility index (Phi) is 7.19. The van der Waals surface area contributed by atoms with Gasteiger partial charge in [-0.1, -0.05) is 5.18 Å². The summed E-state index contributed by atoms with van der Waals surface area (Å²) >= 11 is 0. The molecule has 4 heterocycles. The molecule has 0 bridgehead atoms. The van der Waals surface area contributed by atoms with Gasteiger partial charge in [-0.05, 0) is 20.0 Å². The highest BCUT2D eigenvalue weighted by Gasteiger charge is 2.42. The Labute approximate surface area is 192 Å². The number of piperazine rings is 1. The van der Waals surface area contributed by atoms with Gasteiger partial charge in [0.1, 0.15) is 12.1 Å². The second-order valence-corrected chi connectivity index (χ2v) is 9.36. The van der Waals surface area contributed by atoms with Gasteiger partial charge >= 0.3 is 0 Å². The SMILES string of the molecule is CN1CC(F)CNC1C(C(=O)Nc1cnccc1N1CCN(C2(C)COC2)CC1)C(N)N=O. The Bertz CT molecular complexity index is 849. The standard InChI is InChI=1S/C21H33FN8O3/c1-21(12-33-13-21)30-7-5-29(6-8-30)16-3-4-24-10-15(16)26-20(31)17(18(23)27-32)19-25-9-14(22)11-28(19)2/h3-4,10,14,17-19,25H,5-9,11-13,23H2,1-2H3,(H,26,31). The lowest BCUT2D eigenvalue weighted by atomic mass is 9.96. The van der Waals surface area contributed by atoms with Crippen LogP contribution in [0.4, 0.5) is 15.8 Å². The molecule has 0 aromatic carbocycles. The molecule has 3 fully saturated rings. The Balaban J connectivity index is 1.47. The summed E-state index contributed by atoms with van der Waals surface area (Å²) in [6, 6.07) is 1.87. The zero-order valence-corrected chi connectivity index (χ0v) is 19.1. The van der Waals surface area contributed by atoms with E-state index in [4.69, 9.17) is 10.5 Å². The number of pyridine rings is 1.